The van der Waals surface area contributed by atoms with Crippen molar-refractivity contribution in [1.82, 2.24) is 25.2 Å². The second-order valence-corrected chi connectivity index (χ2v) is 9.52. The first kappa shape index (κ1) is 25.6. The number of pyridine rings is 1. The van der Waals surface area contributed by atoms with Crippen LogP contribution in [0.4, 0.5) is 4.79 Å². The summed E-state index contributed by atoms with van der Waals surface area (Å²) in [5, 5.41) is 5.22. The van der Waals surface area contributed by atoms with E-state index in [1.165, 1.54) is 0 Å². The predicted octanol–water partition coefficient (Wildman–Crippen LogP) is 3.86. The van der Waals surface area contributed by atoms with Gasteiger partial charge in [-0.2, -0.15) is 0 Å². The molecule has 0 saturated carbocycles. The van der Waals surface area contributed by atoms with Crippen molar-refractivity contribution in [2.24, 2.45) is 0 Å². The fourth-order valence-corrected chi connectivity index (χ4v) is 3.75. The number of ether oxygens (including phenoxy) is 1. The van der Waals surface area contributed by atoms with Crippen LogP contribution >= 0.6 is 0 Å². The summed E-state index contributed by atoms with van der Waals surface area (Å²) in [5.74, 6) is -0.768. The van der Waals surface area contributed by atoms with Crippen molar-refractivity contribution in [1.29, 1.82) is 0 Å². The minimum absolute atomic E-state index is 0.146. The second-order valence-electron chi connectivity index (χ2n) is 9.52. The molecule has 0 unspecified atom stereocenters. The van der Waals surface area contributed by atoms with Crippen LogP contribution in [0, 0.1) is 0 Å². The molecule has 2 aromatic heterocycles. The Labute approximate surface area is 214 Å². The molecule has 0 bridgehead atoms. The van der Waals surface area contributed by atoms with Crippen molar-refractivity contribution in [2.75, 3.05) is 6.54 Å². The van der Waals surface area contributed by atoms with Gasteiger partial charge >= 0.3 is 6.09 Å². The number of imidazole rings is 1. The maximum Gasteiger partial charge on any atom is 0.408 e. The lowest BCUT2D eigenvalue weighted by Gasteiger charge is -2.23. The van der Waals surface area contributed by atoms with Gasteiger partial charge in [0.25, 0.3) is 0 Å². The van der Waals surface area contributed by atoms with Gasteiger partial charge in [0.1, 0.15) is 18.0 Å². The van der Waals surface area contributed by atoms with Crippen molar-refractivity contribution in [3.05, 3.63) is 90.5 Å². The molecular weight excluding hydrogens is 470 g/mol. The fraction of sp³-hybridized carbons (Fsp3) is 0.250. The second kappa shape index (κ2) is 11.0. The van der Waals surface area contributed by atoms with Gasteiger partial charge in [-0.05, 0) is 69.3 Å². The number of alkyl carbamates (subject to hydrolysis) is 1. The zero-order valence-corrected chi connectivity index (χ0v) is 21.0. The molecule has 2 amide bonds. The highest BCUT2D eigenvalue weighted by molar-refractivity contribution is 6.00. The van der Waals surface area contributed by atoms with Crippen molar-refractivity contribution in [3.63, 3.8) is 0 Å². The van der Waals surface area contributed by atoms with E-state index in [2.05, 4.69) is 20.6 Å². The summed E-state index contributed by atoms with van der Waals surface area (Å²) >= 11 is 0. The zero-order chi connectivity index (χ0) is 26.4. The van der Waals surface area contributed by atoms with Crippen LogP contribution in [0.25, 0.3) is 16.7 Å². The standard InChI is InChI=1S/C28H29N5O4/c1-28(2,3)37-27(36)32-23(16-20-8-6-7-15-29-20)26(35)30-17-25(34)19-11-13-21(14-12-19)33-18-31-22-9-4-5-10-24(22)33/h4-15,18,23H,16-17H2,1-3H3,(H,30,35)(H,32,36)/t23-/m0/s1. The van der Waals surface area contributed by atoms with E-state index in [9.17, 15) is 14.4 Å². The number of carbonyl (C=O) groups excluding carboxylic acids is 3. The van der Waals surface area contributed by atoms with Gasteiger partial charge in [0.15, 0.2) is 5.78 Å². The Bertz CT molecular complexity index is 1390. The third kappa shape index (κ3) is 6.78. The maximum atomic E-state index is 12.9. The smallest absolute Gasteiger partial charge is 0.408 e. The highest BCUT2D eigenvalue weighted by Crippen LogP contribution is 2.18. The zero-order valence-electron chi connectivity index (χ0n) is 21.0. The fourth-order valence-electron chi connectivity index (χ4n) is 3.75. The normalized spacial score (nSPS) is 12.1. The van der Waals surface area contributed by atoms with Crippen LogP contribution in [0.5, 0.6) is 0 Å². The molecule has 0 fully saturated rings. The van der Waals surface area contributed by atoms with E-state index in [1.54, 1.807) is 63.6 Å². The average molecular weight is 500 g/mol. The van der Waals surface area contributed by atoms with Crippen molar-refractivity contribution < 1.29 is 19.1 Å². The molecule has 2 aromatic carbocycles. The van der Waals surface area contributed by atoms with E-state index >= 15 is 0 Å². The molecule has 0 aliphatic carbocycles. The monoisotopic (exact) mass is 499 g/mol. The van der Waals surface area contributed by atoms with Gasteiger partial charge in [0, 0.05) is 29.6 Å². The van der Waals surface area contributed by atoms with Gasteiger partial charge in [0.05, 0.1) is 17.6 Å². The molecule has 2 N–H and O–H groups in total. The van der Waals surface area contributed by atoms with E-state index in [0.29, 0.717) is 11.3 Å². The molecule has 1 atom stereocenters. The first-order valence-corrected chi connectivity index (χ1v) is 11.9. The Kier molecular flexibility index (Phi) is 7.62. The lowest BCUT2D eigenvalue weighted by Crippen LogP contribution is -2.50. The Hall–Kier alpha value is -4.53. The van der Waals surface area contributed by atoms with Crippen LogP contribution in [-0.4, -0.2) is 50.5 Å². The highest BCUT2D eigenvalue weighted by atomic mass is 16.6. The van der Waals surface area contributed by atoms with Crippen LogP contribution in [0.3, 0.4) is 0 Å². The summed E-state index contributed by atoms with van der Waals surface area (Å²) in [4.78, 5) is 46.7. The van der Waals surface area contributed by atoms with Gasteiger partial charge in [0.2, 0.25) is 5.91 Å². The molecule has 0 spiro atoms. The molecule has 0 radical (unpaired) electrons. The third-order valence-corrected chi connectivity index (χ3v) is 5.49. The summed E-state index contributed by atoms with van der Waals surface area (Å²) in [5.41, 5.74) is 3.06. The molecule has 4 rings (SSSR count). The van der Waals surface area contributed by atoms with E-state index < -0.39 is 23.6 Å². The number of benzene rings is 2. The van der Waals surface area contributed by atoms with Crippen LogP contribution in [0.1, 0.15) is 36.8 Å². The summed E-state index contributed by atoms with van der Waals surface area (Å²) in [6.45, 7) is 4.99. The highest BCUT2D eigenvalue weighted by Gasteiger charge is 2.25. The van der Waals surface area contributed by atoms with Crippen LogP contribution in [0.2, 0.25) is 0 Å². The molecule has 2 heterocycles. The Morgan fingerprint density at radius 2 is 1.68 bits per heavy atom. The molecule has 9 heteroatoms. The van der Waals surface area contributed by atoms with Gasteiger partial charge in [-0.1, -0.05) is 18.2 Å². The number of aromatic nitrogens is 3. The number of hydrogen-bond donors (Lipinski definition) is 2. The van der Waals surface area contributed by atoms with Gasteiger partial charge in [-0.25, -0.2) is 9.78 Å². The molecule has 0 aliphatic rings. The quantitative estimate of drug-likeness (QED) is 0.356. The number of carbonyl (C=O) groups is 3. The number of ketones is 1. The Morgan fingerprint density at radius 3 is 2.38 bits per heavy atom. The number of fused-ring (bicyclic) bond motifs is 1. The van der Waals surface area contributed by atoms with E-state index in [4.69, 9.17) is 4.74 Å². The summed E-state index contributed by atoms with van der Waals surface area (Å²) in [6.07, 6.45) is 2.77. The lowest BCUT2D eigenvalue weighted by atomic mass is 10.1. The number of Topliss-reactive ketones (excluding diaryl/α,β-unsaturated/α-hetero) is 1. The van der Waals surface area contributed by atoms with Crippen molar-refractivity contribution >= 4 is 28.8 Å². The topological polar surface area (TPSA) is 115 Å². The summed E-state index contributed by atoms with van der Waals surface area (Å²) in [6, 6.07) is 19.2. The largest absolute Gasteiger partial charge is 0.444 e. The number of rotatable bonds is 8. The molecule has 0 aliphatic heterocycles. The third-order valence-electron chi connectivity index (χ3n) is 5.49. The molecule has 37 heavy (non-hydrogen) atoms. The Balaban J connectivity index is 1.40. The average Bonchev–Trinajstić information content (AvgIpc) is 3.30. The number of amides is 2. The minimum atomic E-state index is -0.963. The molecule has 9 nitrogen and oxygen atoms in total. The summed E-state index contributed by atoms with van der Waals surface area (Å²) in [7, 11) is 0. The number of nitrogens with zero attached hydrogens (tertiary/aromatic N) is 3. The lowest BCUT2D eigenvalue weighted by molar-refractivity contribution is -0.123. The molecule has 190 valence electrons. The van der Waals surface area contributed by atoms with Gasteiger partial charge in [-0.15, -0.1) is 0 Å². The SMILES string of the molecule is CC(C)(C)OC(=O)N[C@@H](Cc1ccccn1)C(=O)NCC(=O)c1ccc(-n2cnc3ccccc32)cc1. The number of para-hydroxylation sites is 2. The van der Waals surface area contributed by atoms with Crippen molar-refractivity contribution in [3.8, 4) is 5.69 Å². The van der Waals surface area contributed by atoms with Crippen LogP contribution < -0.4 is 10.6 Å². The van der Waals surface area contributed by atoms with Crippen LogP contribution in [-0.2, 0) is 16.0 Å². The summed E-state index contributed by atoms with van der Waals surface area (Å²) < 4.78 is 7.24. The van der Waals surface area contributed by atoms with E-state index in [-0.39, 0.29) is 18.7 Å². The van der Waals surface area contributed by atoms with Crippen molar-refractivity contribution in [2.45, 2.75) is 38.8 Å². The minimum Gasteiger partial charge on any atom is -0.444 e. The van der Waals surface area contributed by atoms with Crippen LogP contribution in [0.15, 0.2) is 79.3 Å². The van der Waals surface area contributed by atoms with Gasteiger partial charge < -0.3 is 15.4 Å². The first-order valence-electron chi connectivity index (χ1n) is 11.9. The van der Waals surface area contributed by atoms with E-state index in [0.717, 1.165) is 16.7 Å². The predicted molar refractivity (Wildman–Crippen MR) is 140 cm³/mol. The van der Waals surface area contributed by atoms with E-state index in [1.807, 2.05) is 41.0 Å². The molecule has 0 saturated heterocycles. The first-order chi connectivity index (χ1) is 17.7. The Morgan fingerprint density at radius 1 is 0.946 bits per heavy atom. The van der Waals surface area contributed by atoms with Gasteiger partial charge in [-0.3, -0.25) is 19.1 Å². The molecule has 4 aromatic rings. The number of nitrogens with one attached hydrogen (secondary N) is 2. The maximum absolute atomic E-state index is 12.9. The number of hydrogen-bond acceptors (Lipinski definition) is 6. The molecular formula is C28H29N5O4.